The van der Waals surface area contributed by atoms with Crippen molar-refractivity contribution in [1.82, 2.24) is 5.32 Å². The molecule has 4 heteroatoms. The van der Waals surface area contributed by atoms with Crippen molar-refractivity contribution >= 4 is 6.09 Å². The minimum atomic E-state index is -0.427. The van der Waals surface area contributed by atoms with E-state index < -0.39 is 12.2 Å². The summed E-state index contributed by atoms with van der Waals surface area (Å²) >= 11 is 0. The number of halogens is 1. The molecule has 1 fully saturated rings. The van der Waals surface area contributed by atoms with E-state index in [2.05, 4.69) is 37.4 Å². The number of amides is 1. The fraction of sp³-hybridized carbons (Fsp3) is 0.316. The van der Waals surface area contributed by atoms with Crippen LogP contribution in [-0.2, 0) is 11.2 Å². The number of benzene rings is 2. The first-order valence-corrected chi connectivity index (χ1v) is 7.84. The number of carbonyl (C=O) groups is 1. The van der Waals surface area contributed by atoms with Crippen LogP contribution in [0.3, 0.4) is 0 Å². The molecule has 1 aliphatic heterocycles. The predicted molar refractivity (Wildman–Crippen MR) is 86.8 cm³/mol. The lowest BCUT2D eigenvalue weighted by atomic mass is 9.94. The minimum absolute atomic E-state index is 0.157. The highest BCUT2D eigenvalue weighted by atomic mass is 19.1. The van der Waals surface area contributed by atoms with Gasteiger partial charge in [-0.25, -0.2) is 9.18 Å². The number of cyclic esters (lactones) is 1. The van der Waals surface area contributed by atoms with Gasteiger partial charge >= 0.3 is 6.09 Å². The molecule has 120 valence electrons. The molecule has 0 saturated carbocycles. The van der Waals surface area contributed by atoms with Crippen LogP contribution < -0.4 is 5.32 Å². The third-order valence-corrected chi connectivity index (χ3v) is 4.17. The van der Waals surface area contributed by atoms with E-state index in [-0.39, 0.29) is 11.9 Å². The van der Waals surface area contributed by atoms with Crippen LogP contribution in [0.2, 0.25) is 0 Å². The molecule has 1 saturated heterocycles. The molecule has 2 aromatic rings. The molecular formula is C19H20FNO2. The summed E-state index contributed by atoms with van der Waals surface area (Å²) in [5, 5.41) is 2.86. The smallest absolute Gasteiger partial charge is 0.408 e. The quantitative estimate of drug-likeness (QED) is 0.912. The Morgan fingerprint density at radius 3 is 2.61 bits per heavy atom. The molecule has 2 aromatic carbocycles. The van der Waals surface area contributed by atoms with Crippen molar-refractivity contribution in [3.05, 3.63) is 71.0 Å². The second kappa shape index (κ2) is 6.41. The lowest BCUT2D eigenvalue weighted by Crippen LogP contribution is -2.30. The van der Waals surface area contributed by atoms with Crippen LogP contribution in [-0.4, -0.2) is 12.1 Å². The van der Waals surface area contributed by atoms with Crippen LogP contribution in [0.25, 0.3) is 0 Å². The van der Waals surface area contributed by atoms with Crippen molar-refractivity contribution in [2.75, 3.05) is 0 Å². The van der Waals surface area contributed by atoms with Gasteiger partial charge in [-0.2, -0.15) is 0 Å². The fourth-order valence-electron chi connectivity index (χ4n) is 2.90. The Hall–Kier alpha value is -2.36. The van der Waals surface area contributed by atoms with Crippen molar-refractivity contribution < 1.29 is 13.9 Å². The van der Waals surface area contributed by atoms with Gasteiger partial charge in [-0.05, 0) is 41.2 Å². The first kappa shape index (κ1) is 15.5. The molecule has 0 spiro atoms. The number of ether oxygens (including phenoxy) is 1. The van der Waals surface area contributed by atoms with Gasteiger partial charge in [-0.15, -0.1) is 0 Å². The summed E-state index contributed by atoms with van der Waals surface area (Å²) in [6.07, 6.45) is -0.149. The SMILES string of the molecule is CC(C)c1cccc(CC2NC(=O)OC2c2ccc(F)cc2)c1. The topological polar surface area (TPSA) is 38.3 Å². The van der Waals surface area contributed by atoms with Gasteiger partial charge in [0, 0.05) is 0 Å². The first-order valence-electron chi connectivity index (χ1n) is 7.84. The molecule has 2 unspecified atom stereocenters. The summed E-state index contributed by atoms with van der Waals surface area (Å²) in [4.78, 5) is 11.7. The summed E-state index contributed by atoms with van der Waals surface area (Å²) in [6.45, 7) is 4.31. The molecule has 1 heterocycles. The highest BCUT2D eigenvalue weighted by Crippen LogP contribution is 2.29. The molecule has 1 N–H and O–H groups in total. The lowest BCUT2D eigenvalue weighted by Gasteiger charge is -2.18. The maximum Gasteiger partial charge on any atom is 0.408 e. The van der Waals surface area contributed by atoms with E-state index in [0.29, 0.717) is 12.3 Å². The van der Waals surface area contributed by atoms with Gasteiger partial charge in [0.25, 0.3) is 0 Å². The largest absolute Gasteiger partial charge is 0.439 e. The summed E-state index contributed by atoms with van der Waals surface area (Å²) in [5.74, 6) is 0.157. The van der Waals surface area contributed by atoms with Gasteiger partial charge in [0.15, 0.2) is 0 Å². The molecule has 23 heavy (non-hydrogen) atoms. The molecular weight excluding hydrogens is 293 g/mol. The molecule has 3 nitrogen and oxygen atoms in total. The molecule has 2 atom stereocenters. The zero-order chi connectivity index (χ0) is 16.4. The summed E-state index contributed by atoms with van der Waals surface area (Å²) in [7, 11) is 0. The average molecular weight is 313 g/mol. The van der Waals surface area contributed by atoms with Gasteiger partial charge in [-0.3, -0.25) is 0 Å². The van der Waals surface area contributed by atoms with Gasteiger partial charge in [-0.1, -0.05) is 50.2 Å². The van der Waals surface area contributed by atoms with E-state index in [1.807, 2.05) is 6.07 Å². The van der Waals surface area contributed by atoms with Crippen molar-refractivity contribution in [2.45, 2.75) is 38.3 Å². The highest BCUT2D eigenvalue weighted by molar-refractivity contribution is 5.70. The molecule has 1 aliphatic rings. The molecule has 0 radical (unpaired) electrons. The van der Waals surface area contributed by atoms with E-state index in [1.165, 1.54) is 17.7 Å². The summed E-state index contributed by atoms with van der Waals surface area (Å²) in [6, 6.07) is 14.3. The van der Waals surface area contributed by atoms with Gasteiger partial charge in [0.1, 0.15) is 11.9 Å². The molecule has 0 bridgehead atoms. The van der Waals surface area contributed by atoms with Crippen LogP contribution >= 0.6 is 0 Å². The van der Waals surface area contributed by atoms with E-state index >= 15 is 0 Å². The molecule has 1 amide bonds. The normalized spacial score (nSPS) is 20.4. The monoisotopic (exact) mass is 313 g/mol. The number of hydrogen-bond acceptors (Lipinski definition) is 2. The van der Waals surface area contributed by atoms with Crippen LogP contribution in [0.1, 0.15) is 42.6 Å². The zero-order valence-electron chi connectivity index (χ0n) is 13.3. The Kier molecular flexibility index (Phi) is 4.33. The number of alkyl carbamates (subject to hydrolysis) is 1. The summed E-state index contributed by atoms with van der Waals surface area (Å²) < 4.78 is 18.5. The van der Waals surface area contributed by atoms with E-state index in [1.54, 1.807) is 12.1 Å². The Bertz CT molecular complexity index is 697. The van der Waals surface area contributed by atoms with Crippen LogP contribution in [0.4, 0.5) is 9.18 Å². The zero-order valence-corrected chi connectivity index (χ0v) is 13.3. The molecule has 0 aromatic heterocycles. The Morgan fingerprint density at radius 1 is 1.17 bits per heavy atom. The first-order chi connectivity index (χ1) is 11.0. The van der Waals surface area contributed by atoms with E-state index in [0.717, 1.165) is 11.1 Å². The predicted octanol–water partition coefficient (Wildman–Crippen LogP) is 4.34. The Balaban J connectivity index is 1.81. The Morgan fingerprint density at radius 2 is 1.91 bits per heavy atom. The van der Waals surface area contributed by atoms with Crippen molar-refractivity contribution in [2.24, 2.45) is 0 Å². The molecule has 3 rings (SSSR count). The van der Waals surface area contributed by atoms with Gasteiger partial charge in [0.05, 0.1) is 6.04 Å². The standard InChI is InChI=1S/C19H20FNO2/c1-12(2)15-5-3-4-13(10-15)11-17-18(23-19(22)21-17)14-6-8-16(20)9-7-14/h3-10,12,17-18H,11H2,1-2H3,(H,21,22). The Labute approximate surface area is 135 Å². The number of hydrogen-bond donors (Lipinski definition) is 1. The van der Waals surface area contributed by atoms with Crippen molar-refractivity contribution in [3.63, 3.8) is 0 Å². The van der Waals surface area contributed by atoms with Gasteiger partial charge in [0.2, 0.25) is 0 Å². The second-order valence-corrected chi connectivity index (χ2v) is 6.23. The van der Waals surface area contributed by atoms with Gasteiger partial charge < -0.3 is 10.1 Å². The third kappa shape index (κ3) is 3.52. The van der Waals surface area contributed by atoms with Crippen LogP contribution in [0.5, 0.6) is 0 Å². The van der Waals surface area contributed by atoms with Crippen molar-refractivity contribution in [1.29, 1.82) is 0 Å². The van der Waals surface area contributed by atoms with Crippen molar-refractivity contribution in [3.8, 4) is 0 Å². The summed E-state index contributed by atoms with van der Waals surface area (Å²) in [5.41, 5.74) is 3.22. The lowest BCUT2D eigenvalue weighted by molar-refractivity contribution is 0.132. The van der Waals surface area contributed by atoms with Crippen LogP contribution in [0, 0.1) is 5.82 Å². The number of nitrogens with one attached hydrogen (secondary N) is 1. The maximum absolute atomic E-state index is 13.1. The number of carbonyl (C=O) groups excluding carboxylic acids is 1. The average Bonchev–Trinajstić information content (AvgIpc) is 2.89. The van der Waals surface area contributed by atoms with Crippen LogP contribution in [0.15, 0.2) is 48.5 Å². The fourth-order valence-corrected chi connectivity index (χ4v) is 2.90. The number of rotatable bonds is 4. The van der Waals surface area contributed by atoms with E-state index in [9.17, 15) is 9.18 Å². The highest BCUT2D eigenvalue weighted by Gasteiger charge is 2.35. The second-order valence-electron chi connectivity index (χ2n) is 6.23. The minimum Gasteiger partial charge on any atom is -0.439 e. The maximum atomic E-state index is 13.1. The van der Waals surface area contributed by atoms with E-state index in [4.69, 9.17) is 4.74 Å². The molecule has 0 aliphatic carbocycles. The third-order valence-electron chi connectivity index (χ3n) is 4.17.